The van der Waals surface area contributed by atoms with E-state index in [4.69, 9.17) is 9.47 Å². The maximum atomic E-state index is 6.30. The molecule has 0 amide bonds. The summed E-state index contributed by atoms with van der Waals surface area (Å²) in [6.45, 7) is 9.30. The lowest BCUT2D eigenvalue weighted by atomic mass is 9.72. The van der Waals surface area contributed by atoms with Gasteiger partial charge in [-0.25, -0.2) is 0 Å². The average molecular weight is 273 g/mol. The molecule has 2 aliphatic heterocycles. The minimum Gasteiger partial charge on any atom is -0.493 e. The second kappa shape index (κ2) is 4.72. The molecule has 0 bridgehead atoms. The fraction of sp³-hybridized carbons (Fsp3) is 0.529. The van der Waals surface area contributed by atoms with E-state index in [-0.39, 0.29) is 11.5 Å². The van der Waals surface area contributed by atoms with Crippen molar-refractivity contribution in [1.82, 2.24) is 0 Å². The predicted molar refractivity (Wildman–Crippen MR) is 82.0 cm³/mol. The number of anilines is 1. The van der Waals surface area contributed by atoms with Crippen LogP contribution in [0.1, 0.15) is 37.3 Å². The molecule has 3 nitrogen and oxygen atoms in total. The monoisotopic (exact) mass is 273 g/mol. The number of nitrogens with one attached hydrogen (secondary N) is 1. The van der Waals surface area contributed by atoms with Crippen LogP contribution >= 0.6 is 0 Å². The summed E-state index contributed by atoms with van der Waals surface area (Å²) in [5.74, 6) is 1.80. The van der Waals surface area contributed by atoms with Crippen molar-refractivity contribution in [2.45, 2.75) is 44.6 Å². The lowest BCUT2D eigenvalue weighted by Gasteiger charge is -2.36. The number of rotatable bonds is 4. The second-order valence-corrected chi connectivity index (χ2v) is 6.04. The molecule has 0 aromatic heterocycles. The van der Waals surface area contributed by atoms with Crippen LogP contribution in [0.5, 0.6) is 11.5 Å². The standard InChI is InChI=1S/C17H23NO2/c1-5-6-7-13-17(3)8-9-18-15-11(2)10-12(19-4)16(20-13)14(15)17/h5,10,13,18H,1,6-9H2,2-4H3. The van der Waals surface area contributed by atoms with Crippen molar-refractivity contribution in [1.29, 1.82) is 0 Å². The molecule has 0 saturated carbocycles. The Morgan fingerprint density at radius 2 is 2.40 bits per heavy atom. The first-order chi connectivity index (χ1) is 9.61. The molecule has 0 aliphatic carbocycles. The third-order valence-electron chi connectivity index (χ3n) is 4.78. The Kier molecular flexibility index (Phi) is 3.15. The summed E-state index contributed by atoms with van der Waals surface area (Å²) in [6, 6.07) is 2.07. The van der Waals surface area contributed by atoms with Crippen LogP contribution in [0.4, 0.5) is 5.69 Å². The van der Waals surface area contributed by atoms with Crippen molar-refractivity contribution >= 4 is 5.69 Å². The summed E-state index contributed by atoms with van der Waals surface area (Å²) in [6.07, 6.45) is 5.28. The third-order valence-corrected chi connectivity index (χ3v) is 4.78. The molecule has 0 fully saturated rings. The van der Waals surface area contributed by atoms with Crippen molar-refractivity contribution in [3.63, 3.8) is 0 Å². The van der Waals surface area contributed by atoms with E-state index in [2.05, 4.69) is 31.8 Å². The number of aryl methyl sites for hydroxylation is 1. The summed E-state index contributed by atoms with van der Waals surface area (Å²) in [5, 5.41) is 3.54. The van der Waals surface area contributed by atoms with Gasteiger partial charge in [0.05, 0.1) is 7.11 Å². The number of hydrogen-bond acceptors (Lipinski definition) is 3. The highest BCUT2D eigenvalue weighted by Crippen LogP contribution is 2.56. The molecular formula is C17H23NO2. The lowest BCUT2D eigenvalue weighted by Crippen LogP contribution is -2.39. The van der Waals surface area contributed by atoms with Crippen molar-refractivity contribution in [3.05, 3.63) is 29.8 Å². The van der Waals surface area contributed by atoms with E-state index in [0.717, 1.165) is 37.3 Å². The maximum absolute atomic E-state index is 6.30. The molecule has 20 heavy (non-hydrogen) atoms. The summed E-state index contributed by atoms with van der Waals surface area (Å²) in [4.78, 5) is 0. The Hall–Kier alpha value is -1.64. The van der Waals surface area contributed by atoms with Crippen LogP contribution in [0.3, 0.4) is 0 Å². The summed E-state index contributed by atoms with van der Waals surface area (Å²) in [7, 11) is 1.71. The van der Waals surface area contributed by atoms with Crippen LogP contribution < -0.4 is 14.8 Å². The van der Waals surface area contributed by atoms with Crippen LogP contribution in [-0.2, 0) is 5.41 Å². The van der Waals surface area contributed by atoms with Crippen LogP contribution in [0.2, 0.25) is 0 Å². The molecule has 1 aromatic carbocycles. The van der Waals surface area contributed by atoms with Crippen molar-refractivity contribution in [3.8, 4) is 11.5 Å². The highest BCUT2D eigenvalue weighted by Gasteiger charge is 2.49. The van der Waals surface area contributed by atoms with E-state index in [1.54, 1.807) is 7.11 Å². The Bertz CT molecular complexity index is 552. The van der Waals surface area contributed by atoms with Gasteiger partial charge < -0.3 is 14.8 Å². The zero-order valence-electron chi connectivity index (χ0n) is 12.6. The van der Waals surface area contributed by atoms with Gasteiger partial charge in [0.15, 0.2) is 11.5 Å². The minimum atomic E-state index is 0.0816. The predicted octanol–water partition coefficient (Wildman–Crippen LogP) is 3.80. The second-order valence-electron chi connectivity index (χ2n) is 6.04. The lowest BCUT2D eigenvalue weighted by molar-refractivity contribution is 0.138. The fourth-order valence-corrected chi connectivity index (χ4v) is 3.62. The Morgan fingerprint density at radius 1 is 1.60 bits per heavy atom. The first-order valence-corrected chi connectivity index (χ1v) is 7.35. The molecule has 2 atom stereocenters. The molecule has 2 unspecified atom stereocenters. The molecular weight excluding hydrogens is 250 g/mol. The Balaban J connectivity index is 2.13. The number of hydrogen-bond donors (Lipinski definition) is 1. The smallest absolute Gasteiger partial charge is 0.167 e. The number of ether oxygens (including phenoxy) is 2. The molecule has 0 radical (unpaired) electrons. The van der Waals surface area contributed by atoms with Crippen LogP contribution in [0.25, 0.3) is 0 Å². The highest BCUT2D eigenvalue weighted by atomic mass is 16.5. The van der Waals surface area contributed by atoms with Gasteiger partial charge in [-0.2, -0.15) is 0 Å². The van der Waals surface area contributed by atoms with E-state index in [9.17, 15) is 0 Å². The van der Waals surface area contributed by atoms with Crippen LogP contribution in [0, 0.1) is 6.92 Å². The average Bonchev–Trinajstić information content (AvgIpc) is 2.74. The zero-order chi connectivity index (χ0) is 14.3. The van der Waals surface area contributed by atoms with E-state index in [1.807, 2.05) is 6.08 Å². The molecule has 0 spiro atoms. The topological polar surface area (TPSA) is 30.5 Å². The quantitative estimate of drug-likeness (QED) is 0.846. The van der Waals surface area contributed by atoms with E-state index >= 15 is 0 Å². The number of benzene rings is 1. The normalized spacial score (nSPS) is 26.4. The zero-order valence-corrected chi connectivity index (χ0v) is 12.6. The molecule has 1 aromatic rings. The van der Waals surface area contributed by atoms with Crippen LogP contribution in [0.15, 0.2) is 18.7 Å². The van der Waals surface area contributed by atoms with Gasteiger partial charge in [-0.1, -0.05) is 13.0 Å². The van der Waals surface area contributed by atoms with E-state index < -0.39 is 0 Å². The minimum absolute atomic E-state index is 0.0816. The molecule has 108 valence electrons. The van der Waals surface area contributed by atoms with Gasteiger partial charge in [0, 0.05) is 23.2 Å². The van der Waals surface area contributed by atoms with Gasteiger partial charge in [0.2, 0.25) is 0 Å². The fourth-order valence-electron chi connectivity index (χ4n) is 3.62. The summed E-state index contributed by atoms with van der Waals surface area (Å²) in [5.41, 5.74) is 3.88. The Morgan fingerprint density at radius 3 is 3.10 bits per heavy atom. The maximum Gasteiger partial charge on any atom is 0.167 e. The molecule has 3 rings (SSSR count). The van der Waals surface area contributed by atoms with Crippen molar-refractivity contribution < 1.29 is 9.47 Å². The first kappa shape index (κ1) is 13.3. The van der Waals surface area contributed by atoms with Crippen LogP contribution in [-0.4, -0.2) is 19.8 Å². The van der Waals surface area contributed by atoms with Gasteiger partial charge in [-0.15, -0.1) is 6.58 Å². The van der Waals surface area contributed by atoms with Gasteiger partial charge in [0.25, 0.3) is 0 Å². The van der Waals surface area contributed by atoms with E-state index in [1.165, 1.54) is 16.8 Å². The van der Waals surface area contributed by atoms with Crippen molar-refractivity contribution in [2.75, 3.05) is 19.0 Å². The largest absolute Gasteiger partial charge is 0.493 e. The molecule has 3 heteroatoms. The van der Waals surface area contributed by atoms with Gasteiger partial charge in [0.1, 0.15) is 6.10 Å². The summed E-state index contributed by atoms with van der Waals surface area (Å²) >= 11 is 0. The van der Waals surface area contributed by atoms with E-state index in [0.29, 0.717) is 0 Å². The third kappa shape index (κ3) is 1.72. The van der Waals surface area contributed by atoms with Gasteiger partial charge in [-0.05, 0) is 37.8 Å². The molecule has 0 saturated heterocycles. The highest BCUT2D eigenvalue weighted by molar-refractivity contribution is 5.73. The number of methoxy groups -OCH3 is 1. The summed E-state index contributed by atoms with van der Waals surface area (Å²) < 4.78 is 11.8. The SMILES string of the molecule is C=CCCC1Oc2c(OC)cc(C)c3c2C1(C)CCN3. The first-order valence-electron chi connectivity index (χ1n) is 7.35. The van der Waals surface area contributed by atoms with Gasteiger partial charge in [-0.3, -0.25) is 0 Å². The Labute approximate surface area is 121 Å². The molecule has 2 heterocycles. The molecule has 2 aliphatic rings. The van der Waals surface area contributed by atoms with Crippen molar-refractivity contribution in [2.24, 2.45) is 0 Å². The molecule has 1 N–H and O–H groups in total. The van der Waals surface area contributed by atoms with Gasteiger partial charge >= 0.3 is 0 Å². The number of allylic oxidation sites excluding steroid dienone is 1.